The SMILES string of the molecule is O=c1c2ccccc2nc(/C=C/C[Se](c2ccccc2)c2ccccc2O)n1-c1ccc(Br)cc1. The van der Waals surface area contributed by atoms with Crippen LogP contribution in [-0.4, -0.2) is 28.6 Å². The number of fused-ring (bicyclic) bond motifs is 1. The summed E-state index contributed by atoms with van der Waals surface area (Å²) in [5, 5.41) is 11.9. The number of phenolic OH excluding ortho intramolecular Hbond substituents is 1. The van der Waals surface area contributed by atoms with Crippen LogP contribution in [0.3, 0.4) is 0 Å². The molecular weight excluding hydrogens is 567 g/mol. The second-order valence-corrected chi connectivity index (χ2v) is 13.0. The summed E-state index contributed by atoms with van der Waals surface area (Å²) in [7, 11) is 0. The predicted octanol–water partition coefficient (Wildman–Crippen LogP) is 5.18. The van der Waals surface area contributed by atoms with Gasteiger partial charge in [0.1, 0.15) is 0 Å². The van der Waals surface area contributed by atoms with Crippen LogP contribution in [0.1, 0.15) is 5.82 Å². The second-order valence-electron chi connectivity index (χ2n) is 7.84. The summed E-state index contributed by atoms with van der Waals surface area (Å²) in [6.45, 7) is 0. The van der Waals surface area contributed by atoms with Crippen LogP contribution in [0.2, 0.25) is 5.32 Å². The molecule has 5 aromatic rings. The Hall–Kier alpha value is -3.44. The van der Waals surface area contributed by atoms with Crippen molar-refractivity contribution in [3.63, 3.8) is 0 Å². The topological polar surface area (TPSA) is 55.1 Å². The molecule has 0 aliphatic rings. The Morgan fingerprint density at radius 1 is 0.857 bits per heavy atom. The number of hydrogen-bond donors (Lipinski definition) is 1. The minimum atomic E-state index is -1.58. The molecule has 173 valence electrons. The van der Waals surface area contributed by atoms with Crippen LogP contribution in [0.15, 0.2) is 118 Å². The monoisotopic (exact) mass is 589 g/mol. The summed E-state index contributed by atoms with van der Waals surface area (Å²) in [6, 6.07) is 32.9. The van der Waals surface area contributed by atoms with Crippen molar-refractivity contribution in [2.45, 2.75) is 5.32 Å². The molecule has 4 aromatic carbocycles. The Balaban J connectivity index is 1.58. The van der Waals surface area contributed by atoms with Crippen LogP contribution < -0.4 is 14.5 Å². The molecule has 5 rings (SSSR count). The number of nitrogens with zero attached hydrogens (tertiary/aromatic N) is 2. The Morgan fingerprint density at radius 2 is 1.54 bits per heavy atom. The van der Waals surface area contributed by atoms with Gasteiger partial charge in [0.25, 0.3) is 0 Å². The van der Waals surface area contributed by atoms with Gasteiger partial charge in [-0.3, -0.25) is 0 Å². The van der Waals surface area contributed by atoms with Crippen LogP contribution in [0.4, 0.5) is 0 Å². The third-order valence-electron chi connectivity index (χ3n) is 5.57. The van der Waals surface area contributed by atoms with Crippen LogP contribution in [0, 0.1) is 0 Å². The van der Waals surface area contributed by atoms with Crippen LogP contribution in [0.25, 0.3) is 22.7 Å². The fraction of sp³-hybridized carbons (Fsp3) is 0.0345. The minimum absolute atomic E-state index is 0.103. The van der Waals surface area contributed by atoms with E-state index in [4.69, 9.17) is 4.98 Å². The van der Waals surface area contributed by atoms with Crippen LogP contribution in [-0.2, 0) is 0 Å². The van der Waals surface area contributed by atoms with Crippen molar-refractivity contribution >= 4 is 55.7 Å². The van der Waals surface area contributed by atoms with Gasteiger partial charge in [-0.05, 0) is 0 Å². The molecule has 35 heavy (non-hydrogen) atoms. The van der Waals surface area contributed by atoms with E-state index < -0.39 is 13.9 Å². The Morgan fingerprint density at radius 3 is 2.31 bits per heavy atom. The van der Waals surface area contributed by atoms with Crippen molar-refractivity contribution in [1.82, 2.24) is 9.55 Å². The maximum absolute atomic E-state index is 13.5. The van der Waals surface area contributed by atoms with Gasteiger partial charge < -0.3 is 0 Å². The number of aromatic hydroxyl groups is 1. The van der Waals surface area contributed by atoms with E-state index in [2.05, 4.69) is 34.1 Å². The van der Waals surface area contributed by atoms with Gasteiger partial charge in [0.2, 0.25) is 0 Å². The molecule has 0 fully saturated rings. The van der Waals surface area contributed by atoms with Crippen LogP contribution >= 0.6 is 15.9 Å². The van der Waals surface area contributed by atoms with Crippen molar-refractivity contribution in [2.75, 3.05) is 0 Å². The molecule has 0 spiro atoms. The zero-order chi connectivity index (χ0) is 24.2. The molecule has 0 amide bonds. The zero-order valence-electron chi connectivity index (χ0n) is 18.7. The average Bonchev–Trinajstić information content (AvgIpc) is 2.89. The fourth-order valence-electron chi connectivity index (χ4n) is 3.91. The third kappa shape index (κ3) is 5.01. The Labute approximate surface area is 216 Å². The molecule has 0 aliphatic carbocycles. The van der Waals surface area contributed by atoms with Gasteiger partial charge >= 0.3 is 217 Å². The molecule has 0 saturated carbocycles. The molecule has 1 heterocycles. The Bertz CT molecular complexity index is 1560. The van der Waals surface area contributed by atoms with E-state index >= 15 is 0 Å². The first-order chi connectivity index (χ1) is 17.1. The number of allylic oxidation sites excluding steroid dienone is 1. The van der Waals surface area contributed by atoms with E-state index in [1.54, 1.807) is 10.6 Å². The van der Waals surface area contributed by atoms with Crippen molar-refractivity contribution in [3.05, 3.63) is 130 Å². The number of aromatic nitrogens is 2. The summed E-state index contributed by atoms with van der Waals surface area (Å²) in [5.41, 5.74) is 1.32. The molecule has 1 N–H and O–H groups in total. The Kier molecular flexibility index (Phi) is 6.96. The number of hydrogen-bond acceptors (Lipinski definition) is 3. The van der Waals surface area contributed by atoms with Crippen LogP contribution in [0.5, 0.6) is 5.75 Å². The molecule has 6 heteroatoms. The molecule has 0 saturated heterocycles. The first-order valence-corrected chi connectivity index (χ1v) is 14.8. The van der Waals surface area contributed by atoms with Gasteiger partial charge in [-0.2, -0.15) is 0 Å². The second kappa shape index (κ2) is 10.4. The van der Waals surface area contributed by atoms with Gasteiger partial charge in [0.15, 0.2) is 0 Å². The quantitative estimate of drug-likeness (QED) is 0.278. The van der Waals surface area contributed by atoms with E-state index in [-0.39, 0.29) is 5.56 Å². The van der Waals surface area contributed by atoms with E-state index in [0.717, 1.165) is 19.9 Å². The standard InChI is InChI=1S/C29H22BrN2O2Se/c30-21-16-18-22(19-17-21)32-28(31-25-12-5-4-11-24(25)29(32)34)15-8-20-35(23-9-2-1-3-10-23)27-14-7-6-13-26(27)33/h1-19,33H,20H2/b15-8+. The summed E-state index contributed by atoms with van der Waals surface area (Å²) >= 11 is 1.89. The van der Waals surface area contributed by atoms with Crippen molar-refractivity contribution in [1.29, 1.82) is 0 Å². The summed E-state index contributed by atoms with van der Waals surface area (Å²) in [6.07, 6.45) is 4.01. The summed E-state index contributed by atoms with van der Waals surface area (Å²) in [4.78, 5) is 18.3. The molecule has 0 atom stereocenters. The molecule has 4 nitrogen and oxygen atoms in total. The number of halogens is 1. The van der Waals surface area contributed by atoms with Crippen molar-refractivity contribution in [2.24, 2.45) is 0 Å². The number of rotatable bonds is 6. The van der Waals surface area contributed by atoms with E-state index in [9.17, 15) is 9.90 Å². The van der Waals surface area contributed by atoms with Gasteiger partial charge in [0.05, 0.1) is 0 Å². The number of phenols is 1. The van der Waals surface area contributed by atoms with Gasteiger partial charge in [0, 0.05) is 0 Å². The van der Waals surface area contributed by atoms with E-state index in [1.807, 2.05) is 91.0 Å². The molecular formula is C29H22BrN2O2Se. The summed E-state index contributed by atoms with van der Waals surface area (Å²) in [5.74, 6) is 0.900. The average molecular weight is 589 g/mol. The van der Waals surface area contributed by atoms with Crippen molar-refractivity contribution in [3.8, 4) is 11.4 Å². The normalized spacial score (nSPS) is 11.5. The van der Waals surface area contributed by atoms with E-state index in [1.165, 1.54) is 4.46 Å². The predicted molar refractivity (Wildman–Crippen MR) is 148 cm³/mol. The maximum atomic E-state index is 13.5. The molecule has 0 aliphatic heterocycles. The first kappa shape index (κ1) is 23.3. The third-order valence-corrected chi connectivity index (χ3v) is 10.8. The number of benzene rings is 4. The number of para-hydroxylation sites is 2. The molecule has 1 radical (unpaired) electrons. The molecule has 0 bridgehead atoms. The zero-order valence-corrected chi connectivity index (χ0v) is 22.0. The molecule has 0 unspecified atom stereocenters. The van der Waals surface area contributed by atoms with Crippen molar-refractivity contribution < 1.29 is 5.11 Å². The van der Waals surface area contributed by atoms with E-state index in [0.29, 0.717) is 22.5 Å². The summed E-state index contributed by atoms with van der Waals surface area (Å²) < 4.78 is 4.82. The molecule has 1 aromatic heterocycles. The van der Waals surface area contributed by atoms with Gasteiger partial charge in [-0.1, -0.05) is 0 Å². The first-order valence-electron chi connectivity index (χ1n) is 11.1. The fourth-order valence-corrected chi connectivity index (χ4v) is 8.30. The van der Waals surface area contributed by atoms with Gasteiger partial charge in [-0.25, -0.2) is 0 Å². The van der Waals surface area contributed by atoms with Gasteiger partial charge in [-0.15, -0.1) is 0 Å².